The van der Waals surface area contributed by atoms with E-state index in [1.54, 1.807) is 12.5 Å². The molecule has 3 heteroatoms. The number of anilines is 1. The van der Waals surface area contributed by atoms with Gasteiger partial charge < -0.3 is 5.32 Å². The fourth-order valence-corrected chi connectivity index (χ4v) is 4.19. The molecule has 3 atom stereocenters. The van der Waals surface area contributed by atoms with Gasteiger partial charge in [0.2, 0.25) is 0 Å². The molecule has 2 fully saturated rings. The fraction of sp³-hybridized carbons (Fsp3) is 0.714. The van der Waals surface area contributed by atoms with E-state index in [0.717, 1.165) is 11.7 Å². The molecule has 1 aromatic heterocycles. The van der Waals surface area contributed by atoms with Gasteiger partial charge in [-0.1, -0.05) is 20.8 Å². The minimum atomic E-state index is 0.373. The first-order valence-corrected chi connectivity index (χ1v) is 6.55. The number of aromatic nitrogens is 2. The van der Waals surface area contributed by atoms with E-state index in [2.05, 4.69) is 36.1 Å². The highest BCUT2D eigenvalue weighted by Crippen LogP contribution is 2.62. The van der Waals surface area contributed by atoms with E-state index in [1.807, 2.05) is 6.07 Å². The van der Waals surface area contributed by atoms with Crippen LogP contribution in [0.25, 0.3) is 0 Å². The van der Waals surface area contributed by atoms with Crippen molar-refractivity contribution in [3.63, 3.8) is 0 Å². The van der Waals surface area contributed by atoms with Crippen LogP contribution in [0.5, 0.6) is 0 Å². The summed E-state index contributed by atoms with van der Waals surface area (Å²) in [6, 6.07) is 2.49. The molecule has 0 spiro atoms. The highest BCUT2D eigenvalue weighted by atomic mass is 15.1. The molecule has 17 heavy (non-hydrogen) atoms. The topological polar surface area (TPSA) is 37.8 Å². The number of nitrogens with one attached hydrogen (secondary N) is 1. The fourth-order valence-electron chi connectivity index (χ4n) is 4.19. The molecule has 2 aliphatic rings. The molecule has 1 N–H and O–H groups in total. The Bertz CT molecular complexity index is 410. The normalized spacial score (nSPS) is 38.3. The van der Waals surface area contributed by atoms with E-state index < -0.39 is 0 Å². The third kappa shape index (κ3) is 1.55. The van der Waals surface area contributed by atoms with Crippen molar-refractivity contribution < 1.29 is 0 Å². The van der Waals surface area contributed by atoms with Gasteiger partial charge in [-0.3, -0.25) is 0 Å². The van der Waals surface area contributed by atoms with Crippen molar-refractivity contribution in [3.05, 3.63) is 18.6 Å². The monoisotopic (exact) mass is 231 g/mol. The second kappa shape index (κ2) is 3.44. The van der Waals surface area contributed by atoms with Crippen LogP contribution in [-0.2, 0) is 0 Å². The summed E-state index contributed by atoms with van der Waals surface area (Å²) < 4.78 is 0. The van der Waals surface area contributed by atoms with Crippen LogP contribution in [-0.4, -0.2) is 16.0 Å². The zero-order valence-electron chi connectivity index (χ0n) is 10.9. The molecule has 0 aromatic carbocycles. The van der Waals surface area contributed by atoms with E-state index in [4.69, 9.17) is 0 Å². The maximum absolute atomic E-state index is 4.30. The predicted octanol–water partition coefficient (Wildman–Crippen LogP) is 3.10. The minimum Gasteiger partial charge on any atom is -0.366 e. The molecule has 1 heterocycles. The van der Waals surface area contributed by atoms with Crippen molar-refractivity contribution in [2.45, 2.75) is 46.1 Å². The maximum Gasteiger partial charge on any atom is 0.129 e. The molecule has 0 amide bonds. The van der Waals surface area contributed by atoms with Crippen LogP contribution in [0.2, 0.25) is 0 Å². The SMILES string of the molecule is CC12CCC(C1)C(C)(C)C2Nc1ccncn1. The lowest BCUT2D eigenvalue weighted by molar-refractivity contribution is 0.155. The Kier molecular flexibility index (Phi) is 2.22. The molecular weight excluding hydrogens is 210 g/mol. The molecule has 2 saturated carbocycles. The zero-order chi connectivity index (χ0) is 12.1. The van der Waals surface area contributed by atoms with Crippen LogP contribution in [0.3, 0.4) is 0 Å². The van der Waals surface area contributed by atoms with E-state index in [9.17, 15) is 0 Å². The first-order valence-electron chi connectivity index (χ1n) is 6.55. The molecular formula is C14H21N3. The van der Waals surface area contributed by atoms with E-state index in [1.165, 1.54) is 19.3 Å². The Morgan fingerprint density at radius 1 is 1.35 bits per heavy atom. The number of fused-ring (bicyclic) bond motifs is 2. The Morgan fingerprint density at radius 3 is 2.76 bits per heavy atom. The van der Waals surface area contributed by atoms with E-state index in [0.29, 0.717) is 16.9 Å². The molecule has 3 unspecified atom stereocenters. The van der Waals surface area contributed by atoms with Gasteiger partial charge in [0.05, 0.1) is 0 Å². The largest absolute Gasteiger partial charge is 0.366 e. The second-order valence-electron chi connectivity index (χ2n) is 6.59. The summed E-state index contributed by atoms with van der Waals surface area (Å²) in [5.41, 5.74) is 0.817. The van der Waals surface area contributed by atoms with E-state index >= 15 is 0 Å². The quantitative estimate of drug-likeness (QED) is 0.850. The maximum atomic E-state index is 4.30. The van der Waals surface area contributed by atoms with Gasteiger partial charge in [0, 0.05) is 12.2 Å². The van der Waals surface area contributed by atoms with Gasteiger partial charge in [-0.05, 0) is 42.1 Å². The van der Waals surface area contributed by atoms with Crippen molar-refractivity contribution in [1.82, 2.24) is 9.97 Å². The standard InChI is InChI=1S/C14H21N3/c1-13(2)10-4-6-14(3,8-10)12(13)17-11-5-7-15-9-16-11/h5,7,9-10,12H,4,6,8H2,1-3H3,(H,15,16,17). The molecule has 2 aliphatic carbocycles. The van der Waals surface area contributed by atoms with Gasteiger partial charge in [0.15, 0.2) is 0 Å². The van der Waals surface area contributed by atoms with Crippen LogP contribution in [0.4, 0.5) is 5.82 Å². The summed E-state index contributed by atoms with van der Waals surface area (Å²) >= 11 is 0. The lowest BCUT2D eigenvalue weighted by Gasteiger charge is -2.43. The summed E-state index contributed by atoms with van der Waals surface area (Å²) in [7, 11) is 0. The van der Waals surface area contributed by atoms with Crippen LogP contribution in [0.1, 0.15) is 40.0 Å². The predicted molar refractivity (Wildman–Crippen MR) is 68.7 cm³/mol. The lowest BCUT2D eigenvalue weighted by atomic mass is 9.68. The summed E-state index contributed by atoms with van der Waals surface area (Å²) in [5.74, 6) is 1.83. The van der Waals surface area contributed by atoms with Gasteiger partial charge in [0.25, 0.3) is 0 Å². The van der Waals surface area contributed by atoms with Gasteiger partial charge >= 0.3 is 0 Å². The van der Waals surface area contributed by atoms with Crippen LogP contribution < -0.4 is 5.32 Å². The second-order valence-corrected chi connectivity index (χ2v) is 6.59. The van der Waals surface area contributed by atoms with E-state index in [-0.39, 0.29) is 0 Å². The zero-order valence-corrected chi connectivity index (χ0v) is 10.9. The molecule has 2 bridgehead atoms. The highest BCUT2D eigenvalue weighted by molar-refractivity contribution is 5.37. The molecule has 0 radical (unpaired) electrons. The molecule has 3 rings (SSSR count). The van der Waals surface area contributed by atoms with Gasteiger partial charge in [0.1, 0.15) is 12.1 Å². The Labute approximate surface area is 103 Å². The number of rotatable bonds is 2. The smallest absolute Gasteiger partial charge is 0.129 e. The third-order valence-electron chi connectivity index (χ3n) is 5.14. The van der Waals surface area contributed by atoms with Crippen molar-refractivity contribution in [2.24, 2.45) is 16.7 Å². The summed E-state index contributed by atoms with van der Waals surface area (Å²) in [5, 5.41) is 3.65. The highest BCUT2D eigenvalue weighted by Gasteiger charge is 2.59. The first kappa shape index (κ1) is 11.0. The molecule has 3 nitrogen and oxygen atoms in total. The van der Waals surface area contributed by atoms with Crippen molar-refractivity contribution in [3.8, 4) is 0 Å². The first-order chi connectivity index (χ1) is 8.02. The average Bonchev–Trinajstić information content (AvgIpc) is 2.77. The van der Waals surface area contributed by atoms with Crippen molar-refractivity contribution in [2.75, 3.05) is 5.32 Å². The lowest BCUT2D eigenvalue weighted by Crippen LogP contribution is -2.45. The van der Waals surface area contributed by atoms with Crippen LogP contribution >= 0.6 is 0 Å². The minimum absolute atomic E-state index is 0.373. The summed E-state index contributed by atoms with van der Waals surface area (Å²) in [4.78, 5) is 8.27. The van der Waals surface area contributed by atoms with Crippen molar-refractivity contribution in [1.29, 1.82) is 0 Å². The molecule has 1 aromatic rings. The number of hydrogen-bond acceptors (Lipinski definition) is 3. The molecule has 0 aliphatic heterocycles. The Morgan fingerprint density at radius 2 is 2.18 bits per heavy atom. The number of hydrogen-bond donors (Lipinski definition) is 1. The summed E-state index contributed by atoms with van der Waals surface area (Å²) in [6.45, 7) is 7.24. The van der Waals surface area contributed by atoms with Gasteiger partial charge in [-0.2, -0.15) is 0 Å². The third-order valence-corrected chi connectivity index (χ3v) is 5.14. The molecule has 92 valence electrons. The van der Waals surface area contributed by atoms with Crippen molar-refractivity contribution >= 4 is 5.82 Å². The van der Waals surface area contributed by atoms with Crippen LogP contribution in [0, 0.1) is 16.7 Å². The Balaban J connectivity index is 1.88. The van der Waals surface area contributed by atoms with Gasteiger partial charge in [-0.15, -0.1) is 0 Å². The average molecular weight is 231 g/mol. The Hall–Kier alpha value is -1.12. The van der Waals surface area contributed by atoms with Gasteiger partial charge in [-0.25, -0.2) is 9.97 Å². The van der Waals surface area contributed by atoms with Crippen LogP contribution in [0.15, 0.2) is 18.6 Å². The summed E-state index contributed by atoms with van der Waals surface area (Å²) in [6.07, 6.45) is 7.53. The molecule has 0 saturated heterocycles. The number of nitrogens with zero attached hydrogens (tertiary/aromatic N) is 2.